The molecule has 3 heterocycles. The minimum absolute atomic E-state index is 0.122. The first-order valence-electron chi connectivity index (χ1n) is 7.27. The number of ether oxygens (including phenoxy) is 1. The average Bonchev–Trinajstić information content (AvgIpc) is 2.61. The molecule has 2 bridgehead atoms. The maximum absolute atomic E-state index is 11.0. The van der Waals surface area contributed by atoms with E-state index in [1.165, 1.54) is 0 Å². The summed E-state index contributed by atoms with van der Waals surface area (Å²) in [5, 5.41) is 12.2. The molecule has 7 heteroatoms. The van der Waals surface area contributed by atoms with Crippen molar-refractivity contribution in [2.75, 3.05) is 39.4 Å². The van der Waals surface area contributed by atoms with Crippen LogP contribution in [-0.2, 0) is 16.1 Å². The number of hydrogen-bond donors (Lipinski definition) is 1. The van der Waals surface area contributed by atoms with Gasteiger partial charge in [-0.15, -0.1) is 11.3 Å². The third-order valence-electron chi connectivity index (χ3n) is 4.05. The maximum atomic E-state index is 11.0. The molecule has 3 rings (SSSR count). The molecule has 0 aromatic carbocycles. The average molecular weight is 311 g/mol. The Hall–Kier alpha value is -1.02. The summed E-state index contributed by atoms with van der Waals surface area (Å²) in [5.41, 5.74) is 1.11. The molecule has 0 spiro atoms. The number of carbonyl (C=O) groups is 1. The summed E-state index contributed by atoms with van der Waals surface area (Å²) in [6.45, 7) is 6.88. The number of carboxylic acid groups (broad SMARTS) is 1. The Kier molecular flexibility index (Phi) is 4.54. The second-order valence-electron chi connectivity index (χ2n) is 5.93. The van der Waals surface area contributed by atoms with E-state index in [0.717, 1.165) is 43.5 Å². The van der Waals surface area contributed by atoms with Crippen molar-refractivity contribution in [3.8, 4) is 0 Å². The van der Waals surface area contributed by atoms with E-state index in [1.807, 2.05) is 11.8 Å². The Bertz CT molecular complexity index is 507. The fourth-order valence-corrected chi connectivity index (χ4v) is 3.83. The van der Waals surface area contributed by atoms with Crippen molar-refractivity contribution in [2.45, 2.75) is 19.5 Å². The molecule has 6 nitrogen and oxygen atoms in total. The number of thiazole rings is 1. The van der Waals surface area contributed by atoms with E-state index in [2.05, 4.69) is 15.3 Å². The molecule has 0 amide bonds. The van der Waals surface area contributed by atoms with E-state index >= 15 is 0 Å². The summed E-state index contributed by atoms with van der Waals surface area (Å²) in [5.74, 6) is -0.380. The molecule has 0 saturated carbocycles. The number of fused-ring (bicyclic) bond motifs is 3. The van der Waals surface area contributed by atoms with Crippen LogP contribution in [0.15, 0.2) is 5.38 Å². The Balaban J connectivity index is 1.71. The molecule has 1 aromatic heterocycles. The quantitative estimate of drug-likeness (QED) is 0.881. The highest BCUT2D eigenvalue weighted by Gasteiger charge is 2.34. The first-order valence-corrected chi connectivity index (χ1v) is 8.15. The van der Waals surface area contributed by atoms with E-state index in [9.17, 15) is 4.79 Å². The van der Waals surface area contributed by atoms with Crippen molar-refractivity contribution in [1.82, 2.24) is 14.8 Å². The van der Waals surface area contributed by atoms with Crippen molar-refractivity contribution in [3.05, 3.63) is 16.1 Å². The molecular weight excluding hydrogens is 290 g/mol. The van der Waals surface area contributed by atoms with Crippen LogP contribution in [-0.4, -0.2) is 71.3 Å². The van der Waals surface area contributed by atoms with Crippen LogP contribution in [0.5, 0.6) is 0 Å². The van der Waals surface area contributed by atoms with E-state index in [1.54, 1.807) is 11.3 Å². The van der Waals surface area contributed by atoms with Gasteiger partial charge in [-0.05, 0) is 6.92 Å². The van der Waals surface area contributed by atoms with Crippen molar-refractivity contribution in [1.29, 1.82) is 0 Å². The summed E-state index contributed by atoms with van der Waals surface area (Å²) in [4.78, 5) is 20.0. The van der Waals surface area contributed by atoms with Crippen LogP contribution < -0.4 is 0 Å². The van der Waals surface area contributed by atoms with E-state index in [4.69, 9.17) is 9.84 Å². The van der Waals surface area contributed by atoms with Crippen LogP contribution in [0.25, 0.3) is 0 Å². The van der Waals surface area contributed by atoms with Gasteiger partial charge in [0.2, 0.25) is 0 Å². The van der Waals surface area contributed by atoms with Gasteiger partial charge in [0.15, 0.2) is 0 Å². The van der Waals surface area contributed by atoms with Crippen molar-refractivity contribution in [2.24, 2.45) is 5.92 Å². The number of aromatic nitrogens is 1. The standard InChI is InChI=1S/C14H21N3O3S/c1-10-15-12(9-21-10)4-17-3-11-2-16(6-14(18)19)5-13(17)8-20-7-11/h9,11,13H,2-8H2,1H3,(H,18,19)/t11-,13-/m0/s1. The molecule has 2 aliphatic rings. The molecular formula is C14H21N3O3S. The predicted molar refractivity (Wildman–Crippen MR) is 79.4 cm³/mol. The number of rotatable bonds is 4. The number of carboxylic acids is 1. The Labute approximate surface area is 128 Å². The highest BCUT2D eigenvalue weighted by molar-refractivity contribution is 7.09. The van der Waals surface area contributed by atoms with Crippen molar-refractivity contribution in [3.63, 3.8) is 0 Å². The summed E-state index contributed by atoms with van der Waals surface area (Å²) in [6, 6.07) is 0.249. The fraction of sp³-hybridized carbons (Fsp3) is 0.714. The molecule has 2 atom stereocenters. The van der Waals surface area contributed by atoms with Crippen LogP contribution >= 0.6 is 11.3 Å². The lowest BCUT2D eigenvalue weighted by molar-refractivity contribution is -0.138. The van der Waals surface area contributed by atoms with Crippen molar-refractivity contribution < 1.29 is 14.6 Å². The first kappa shape index (κ1) is 14.9. The normalized spacial score (nSPS) is 27.5. The zero-order chi connectivity index (χ0) is 14.8. The minimum atomic E-state index is -0.752. The molecule has 116 valence electrons. The molecule has 2 saturated heterocycles. The lowest BCUT2D eigenvalue weighted by Gasteiger charge is -2.30. The Morgan fingerprint density at radius 3 is 3.05 bits per heavy atom. The number of nitrogens with zero attached hydrogens (tertiary/aromatic N) is 3. The zero-order valence-corrected chi connectivity index (χ0v) is 13.0. The summed E-state index contributed by atoms with van der Waals surface area (Å²) >= 11 is 1.68. The van der Waals surface area contributed by atoms with Gasteiger partial charge in [0.25, 0.3) is 0 Å². The lowest BCUT2D eigenvalue weighted by atomic mass is 10.1. The molecule has 1 N–H and O–H groups in total. The van der Waals surface area contributed by atoms with Gasteiger partial charge in [-0.2, -0.15) is 0 Å². The summed E-state index contributed by atoms with van der Waals surface area (Å²) in [7, 11) is 0. The van der Waals surface area contributed by atoms with Crippen LogP contribution in [0, 0.1) is 12.8 Å². The number of aryl methyl sites for hydroxylation is 1. The van der Waals surface area contributed by atoms with Crippen LogP contribution in [0.2, 0.25) is 0 Å². The lowest BCUT2D eigenvalue weighted by Crippen LogP contribution is -2.44. The predicted octanol–water partition coefficient (Wildman–Crippen LogP) is 0.669. The third-order valence-corrected chi connectivity index (χ3v) is 4.87. The highest BCUT2D eigenvalue weighted by atomic mass is 32.1. The first-order chi connectivity index (χ1) is 10.1. The Morgan fingerprint density at radius 1 is 1.48 bits per heavy atom. The smallest absolute Gasteiger partial charge is 0.317 e. The van der Waals surface area contributed by atoms with Crippen LogP contribution in [0.4, 0.5) is 0 Å². The molecule has 0 radical (unpaired) electrons. The topological polar surface area (TPSA) is 65.9 Å². The van der Waals surface area contributed by atoms with Gasteiger partial charge in [0.05, 0.1) is 30.5 Å². The van der Waals surface area contributed by atoms with Gasteiger partial charge in [0, 0.05) is 43.5 Å². The number of aliphatic carboxylic acids is 1. The van der Waals surface area contributed by atoms with Gasteiger partial charge in [-0.25, -0.2) is 4.98 Å². The highest BCUT2D eigenvalue weighted by Crippen LogP contribution is 2.22. The fourth-order valence-electron chi connectivity index (χ4n) is 3.23. The molecule has 1 aromatic rings. The second kappa shape index (κ2) is 6.39. The Morgan fingerprint density at radius 2 is 2.33 bits per heavy atom. The van der Waals surface area contributed by atoms with Gasteiger partial charge >= 0.3 is 5.97 Å². The van der Waals surface area contributed by atoms with Gasteiger partial charge in [-0.3, -0.25) is 14.6 Å². The van der Waals surface area contributed by atoms with Crippen LogP contribution in [0.3, 0.4) is 0 Å². The zero-order valence-electron chi connectivity index (χ0n) is 12.2. The van der Waals surface area contributed by atoms with E-state index < -0.39 is 5.97 Å². The van der Waals surface area contributed by atoms with Gasteiger partial charge in [0.1, 0.15) is 0 Å². The molecule has 2 fully saturated rings. The van der Waals surface area contributed by atoms with Gasteiger partial charge < -0.3 is 9.84 Å². The molecule has 21 heavy (non-hydrogen) atoms. The number of hydrogen-bond acceptors (Lipinski definition) is 6. The molecule has 2 aliphatic heterocycles. The largest absolute Gasteiger partial charge is 0.480 e. The second-order valence-corrected chi connectivity index (χ2v) is 6.99. The van der Waals surface area contributed by atoms with Crippen LogP contribution in [0.1, 0.15) is 10.7 Å². The maximum Gasteiger partial charge on any atom is 0.317 e. The molecule has 0 aliphatic carbocycles. The van der Waals surface area contributed by atoms with E-state index in [0.29, 0.717) is 12.5 Å². The van der Waals surface area contributed by atoms with Gasteiger partial charge in [-0.1, -0.05) is 0 Å². The minimum Gasteiger partial charge on any atom is -0.480 e. The van der Waals surface area contributed by atoms with Crippen molar-refractivity contribution >= 4 is 17.3 Å². The summed E-state index contributed by atoms with van der Waals surface area (Å²) < 4.78 is 5.75. The molecule has 0 unspecified atom stereocenters. The summed E-state index contributed by atoms with van der Waals surface area (Å²) in [6.07, 6.45) is 0. The SMILES string of the molecule is Cc1nc(CN2C[C@H]3COC[C@@H]2CN(CC(=O)O)C3)cs1. The van der Waals surface area contributed by atoms with E-state index in [-0.39, 0.29) is 12.6 Å². The monoisotopic (exact) mass is 311 g/mol. The third kappa shape index (κ3) is 3.79.